The Morgan fingerprint density at radius 1 is 1.12 bits per heavy atom. The van der Waals surface area contributed by atoms with E-state index >= 15 is 0 Å². The minimum atomic E-state index is 0.397. The van der Waals surface area contributed by atoms with Gasteiger partial charge in [0.2, 0.25) is 0 Å². The van der Waals surface area contributed by atoms with E-state index in [0.29, 0.717) is 5.88 Å². The second-order valence-electron chi connectivity index (χ2n) is 3.87. The summed E-state index contributed by atoms with van der Waals surface area (Å²) in [4.78, 5) is 0. The summed E-state index contributed by atoms with van der Waals surface area (Å²) in [6.07, 6.45) is 1.05. The largest absolute Gasteiger partial charge is 0.310 e. The number of nitrogens with zero attached hydrogens (tertiary/aromatic N) is 3. The summed E-state index contributed by atoms with van der Waals surface area (Å²) in [6, 6.07) is 8.44. The van der Waals surface area contributed by atoms with Crippen LogP contribution in [0.5, 0.6) is 0 Å². The molecule has 1 aromatic carbocycles. The first-order valence-electron chi connectivity index (χ1n) is 5.87. The highest BCUT2D eigenvalue weighted by atomic mass is 35.5. The third-order valence-corrected chi connectivity index (χ3v) is 3.12. The van der Waals surface area contributed by atoms with E-state index in [2.05, 4.69) is 48.3 Å². The molecule has 0 saturated carbocycles. The van der Waals surface area contributed by atoms with Gasteiger partial charge in [0.15, 0.2) is 5.82 Å². The summed E-state index contributed by atoms with van der Waals surface area (Å²) in [5.74, 6) is 2.11. The average Bonchev–Trinajstić information content (AvgIpc) is 2.81. The van der Waals surface area contributed by atoms with Crippen LogP contribution in [0.25, 0.3) is 11.4 Å². The Labute approximate surface area is 106 Å². The standard InChI is InChI=1S/C13H16ClN3/c1-3-10-5-7-11(8-6-10)13-16-15-12(9-14)17(13)4-2/h5-8H,3-4,9H2,1-2H3. The fourth-order valence-electron chi connectivity index (χ4n) is 1.87. The lowest BCUT2D eigenvalue weighted by atomic mass is 10.1. The zero-order valence-electron chi connectivity index (χ0n) is 10.2. The summed E-state index contributed by atoms with van der Waals surface area (Å²) in [6.45, 7) is 5.05. The van der Waals surface area contributed by atoms with Crippen molar-refractivity contribution in [1.29, 1.82) is 0 Å². The van der Waals surface area contributed by atoms with E-state index in [1.807, 2.05) is 4.57 Å². The number of rotatable bonds is 4. The number of hydrogen-bond donors (Lipinski definition) is 0. The highest BCUT2D eigenvalue weighted by Crippen LogP contribution is 2.19. The van der Waals surface area contributed by atoms with E-state index in [0.717, 1.165) is 30.2 Å². The molecule has 0 unspecified atom stereocenters. The first-order chi connectivity index (χ1) is 8.30. The molecule has 2 aromatic rings. The Bertz CT molecular complexity index is 488. The van der Waals surface area contributed by atoms with Crippen molar-refractivity contribution in [3.05, 3.63) is 35.7 Å². The van der Waals surface area contributed by atoms with Gasteiger partial charge in [0.05, 0.1) is 5.88 Å². The van der Waals surface area contributed by atoms with E-state index in [1.165, 1.54) is 5.56 Å². The van der Waals surface area contributed by atoms with Gasteiger partial charge >= 0.3 is 0 Å². The van der Waals surface area contributed by atoms with E-state index in [4.69, 9.17) is 11.6 Å². The van der Waals surface area contributed by atoms with Crippen LogP contribution in [-0.4, -0.2) is 14.8 Å². The minimum Gasteiger partial charge on any atom is -0.310 e. The lowest BCUT2D eigenvalue weighted by Gasteiger charge is -2.06. The molecule has 2 rings (SSSR count). The van der Waals surface area contributed by atoms with Crippen LogP contribution < -0.4 is 0 Å². The van der Waals surface area contributed by atoms with Gasteiger partial charge in [-0.2, -0.15) is 0 Å². The maximum absolute atomic E-state index is 5.84. The maximum Gasteiger partial charge on any atom is 0.163 e. The Hall–Kier alpha value is -1.35. The summed E-state index contributed by atoms with van der Waals surface area (Å²) in [5, 5.41) is 8.32. The van der Waals surface area contributed by atoms with E-state index < -0.39 is 0 Å². The van der Waals surface area contributed by atoms with Crippen LogP contribution in [0.4, 0.5) is 0 Å². The van der Waals surface area contributed by atoms with Gasteiger partial charge in [-0.25, -0.2) is 0 Å². The van der Waals surface area contributed by atoms with Crippen molar-refractivity contribution in [2.45, 2.75) is 32.7 Å². The topological polar surface area (TPSA) is 30.7 Å². The smallest absolute Gasteiger partial charge is 0.163 e. The number of aryl methyl sites for hydroxylation is 1. The molecule has 0 spiro atoms. The molecule has 0 aliphatic heterocycles. The molecule has 17 heavy (non-hydrogen) atoms. The van der Waals surface area contributed by atoms with Gasteiger partial charge in [0.25, 0.3) is 0 Å². The SMILES string of the molecule is CCc1ccc(-c2nnc(CCl)n2CC)cc1. The fourth-order valence-corrected chi connectivity index (χ4v) is 2.07. The second-order valence-corrected chi connectivity index (χ2v) is 4.14. The Morgan fingerprint density at radius 2 is 1.82 bits per heavy atom. The molecule has 1 heterocycles. The zero-order chi connectivity index (χ0) is 12.3. The number of alkyl halides is 1. The molecule has 90 valence electrons. The monoisotopic (exact) mass is 249 g/mol. The lowest BCUT2D eigenvalue weighted by molar-refractivity contribution is 0.731. The highest BCUT2D eigenvalue weighted by Gasteiger charge is 2.11. The summed E-state index contributed by atoms with van der Waals surface area (Å²) in [5.41, 5.74) is 2.42. The van der Waals surface area contributed by atoms with Crippen LogP contribution in [-0.2, 0) is 18.8 Å². The zero-order valence-corrected chi connectivity index (χ0v) is 10.9. The van der Waals surface area contributed by atoms with Crippen molar-refractivity contribution >= 4 is 11.6 Å². The summed E-state index contributed by atoms with van der Waals surface area (Å²) >= 11 is 5.84. The van der Waals surface area contributed by atoms with Crippen molar-refractivity contribution in [2.75, 3.05) is 0 Å². The van der Waals surface area contributed by atoms with Gasteiger partial charge in [-0.1, -0.05) is 31.2 Å². The predicted molar refractivity (Wildman–Crippen MR) is 70.1 cm³/mol. The van der Waals surface area contributed by atoms with Crippen molar-refractivity contribution in [1.82, 2.24) is 14.8 Å². The minimum absolute atomic E-state index is 0.397. The molecule has 0 bridgehead atoms. The Balaban J connectivity index is 2.41. The normalized spacial score (nSPS) is 10.8. The molecular weight excluding hydrogens is 234 g/mol. The van der Waals surface area contributed by atoms with Gasteiger partial charge in [-0.3, -0.25) is 0 Å². The third kappa shape index (κ3) is 2.34. The van der Waals surface area contributed by atoms with Crippen LogP contribution >= 0.6 is 11.6 Å². The average molecular weight is 250 g/mol. The molecule has 1 aromatic heterocycles. The Morgan fingerprint density at radius 3 is 2.35 bits per heavy atom. The molecule has 0 aliphatic rings. The van der Waals surface area contributed by atoms with Crippen LogP contribution in [0.15, 0.2) is 24.3 Å². The first kappa shape index (κ1) is 12.1. The predicted octanol–water partition coefficient (Wildman–Crippen LogP) is 3.27. The van der Waals surface area contributed by atoms with Crippen molar-refractivity contribution in [2.24, 2.45) is 0 Å². The molecule has 4 heteroatoms. The third-order valence-electron chi connectivity index (χ3n) is 2.88. The quantitative estimate of drug-likeness (QED) is 0.779. The van der Waals surface area contributed by atoms with Crippen LogP contribution in [0.3, 0.4) is 0 Å². The van der Waals surface area contributed by atoms with Crippen molar-refractivity contribution < 1.29 is 0 Å². The molecule has 0 amide bonds. The molecule has 0 saturated heterocycles. The number of hydrogen-bond acceptors (Lipinski definition) is 2. The van der Waals surface area contributed by atoms with Crippen LogP contribution in [0, 0.1) is 0 Å². The highest BCUT2D eigenvalue weighted by molar-refractivity contribution is 6.16. The maximum atomic E-state index is 5.84. The van der Waals surface area contributed by atoms with E-state index in [1.54, 1.807) is 0 Å². The molecule has 0 N–H and O–H groups in total. The van der Waals surface area contributed by atoms with Crippen LogP contribution in [0.2, 0.25) is 0 Å². The van der Waals surface area contributed by atoms with Gasteiger partial charge in [0, 0.05) is 12.1 Å². The summed E-state index contributed by atoms with van der Waals surface area (Å²) < 4.78 is 2.05. The van der Waals surface area contributed by atoms with Gasteiger partial charge in [-0.15, -0.1) is 21.8 Å². The molecule has 0 fully saturated rings. The summed E-state index contributed by atoms with van der Waals surface area (Å²) in [7, 11) is 0. The first-order valence-corrected chi connectivity index (χ1v) is 6.41. The van der Waals surface area contributed by atoms with Crippen LogP contribution in [0.1, 0.15) is 25.2 Å². The Kier molecular flexibility index (Phi) is 3.79. The van der Waals surface area contributed by atoms with Crippen molar-refractivity contribution in [3.63, 3.8) is 0 Å². The molecular formula is C13H16ClN3. The number of aromatic nitrogens is 3. The van der Waals surface area contributed by atoms with Gasteiger partial charge in [-0.05, 0) is 18.9 Å². The molecule has 0 aliphatic carbocycles. The van der Waals surface area contributed by atoms with Crippen molar-refractivity contribution in [3.8, 4) is 11.4 Å². The second kappa shape index (κ2) is 5.32. The van der Waals surface area contributed by atoms with Gasteiger partial charge < -0.3 is 4.57 Å². The fraction of sp³-hybridized carbons (Fsp3) is 0.385. The number of benzene rings is 1. The number of halogens is 1. The van der Waals surface area contributed by atoms with E-state index in [9.17, 15) is 0 Å². The molecule has 3 nitrogen and oxygen atoms in total. The molecule has 0 radical (unpaired) electrons. The van der Waals surface area contributed by atoms with E-state index in [-0.39, 0.29) is 0 Å². The van der Waals surface area contributed by atoms with Gasteiger partial charge in [0.1, 0.15) is 5.82 Å². The molecule has 0 atom stereocenters. The lowest BCUT2D eigenvalue weighted by Crippen LogP contribution is -2.01.